The van der Waals surface area contributed by atoms with Gasteiger partial charge in [-0.2, -0.15) is 18.4 Å². The van der Waals surface area contributed by atoms with Crippen LogP contribution in [-0.4, -0.2) is 26.3 Å². The first-order valence-electron chi connectivity index (χ1n) is 10.5. The van der Waals surface area contributed by atoms with Crippen LogP contribution in [0.15, 0.2) is 41.3 Å². The second-order valence-electron chi connectivity index (χ2n) is 8.47. The SMILES string of the molecule is CCc1cc(=O)n2cc(N3C(S)N(c4ccc(C#N)c(C(F)(F)F)c4)C(=O)C3(C)C)cc(Cl)c2n1. The minimum atomic E-state index is -4.79. The van der Waals surface area contributed by atoms with Crippen LogP contribution in [0.5, 0.6) is 0 Å². The maximum Gasteiger partial charge on any atom is 0.417 e. The second kappa shape index (κ2) is 8.46. The number of aryl methyl sites for hydroxylation is 1. The monoisotopic (exact) mass is 521 g/mol. The third-order valence-corrected chi connectivity index (χ3v) is 6.65. The molecule has 35 heavy (non-hydrogen) atoms. The van der Waals surface area contributed by atoms with Crippen LogP contribution in [0.25, 0.3) is 5.65 Å². The third kappa shape index (κ3) is 4.00. The van der Waals surface area contributed by atoms with Crippen LogP contribution < -0.4 is 15.4 Å². The van der Waals surface area contributed by atoms with Gasteiger partial charge < -0.3 is 4.90 Å². The van der Waals surface area contributed by atoms with E-state index in [1.165, 1.54) is 34.9 Å². The number of halogens is 4. The number of thiol groups is 1. The van der Waals surface area contributed by atoms with Gasteiger partial charge >= 0.3 is 6.18 Å². The number of hydrogen-bond acceptors (Lipinski definition) is 6. The van der Waals surface area contributed by atoms with E-state index in [1.807, 2.05) is 6.92 Å². The topological polar surface area (TPSA) is 81.7 Å². The number of pyridine rings is 1. The Kier molecular flexibility index (Phi) is 6.02. The number of anilines is 2. The third-order valence-electron chi connectivity index (χ3n) is 5.91. The Hall–Kier alpha value is -3.23. The lowest BCUT2D eigenvalue weighted by atomic mass is 10.0. The zero-order valence-electron chi connectivity index (χ0n) is 18.8. The van der Waals surface area contributed by atoms with Crippen molar-refractivity contribution in [2.24, 2.45) is 0 Å². The van der Waals surface area contributed by atoms with Gasteiger partial charge in [0.15, 0.2) is 11.1 Å². The fourth-order valence-electron chi connectivity index (χ4n) is 4.14. The van der Waals surface area contributed by atoms with Crippen LogP contribution in [0.1, 0.15) is 37.6 Å². The highest BCUT2D eigenvalue weighted by Gasteiger charge is 2.52. The van der Waals surface area contributed by atoms with Gasteiger partial charge in [0.1, 0.15) is 5.54 Å². The summed E-state index contributed by atoms with van der Waals surface area (Å²) in [6.07, 6.45) is -2.78. The molecule has 0 spiro atoms. The number of nitriles is 1. The van der Waals surface area contributed by atoms with Crippen molar-refractivity contribution >= 4 is 47.2 Å². The molecule has 0 saturated carbocycles. The summed E-state index contributed by atoms with van der Waals surface area (Å²) in [5.41, 5.74) is -3.29. The van der Waals surface area contributed by atoms with E-state index in [4.69, 9.17) is 16.9 Å². The maximum absolute atomic E-state index is 13.5. The first-order chi connectivity index (χ1) is 16.3. The van der Waals surface area contributed by atoms with E-state index in [-0.39, 0.29) is 21.9 Å². The van der Waals surface area contributed by atoms with Crippen molar-refractivity contribution in [2.45, 2.75) is 44.4 Å². The summed E-state index contributed by atoms with van der Waals surface area (Å²) >= 11 is 11.0. The Labute approximate surface area is 208 Å². The van der Waals surface area contributed by atoms with Crippen molar-refractivity contribution in [1.82, 2.24) is 9.38 Å². The van der Waals surface area contributed by atoms with Gasteiger partial charge in [-0.05, 0) is 44.5 Å². The Morgan fingerprint density at radius 1 is 1.20 bits per heavy atom. The molecule has 1 fully saturated rings. The van der Waals surface area contributed by atoms with E-state index in [0.717, 1.165) is 17.0 Å². The molecule has 2 aromatic heterocycles. The molecule has 1 aliphatic heterocycles. The molecule has 3 aromatic rings. The van der Waals surface area contributed by atoms with Crippen molar-refractivity contribution in [3.05, 3.63) is 68.7 Å². The predicted molar refractivity (Wildman–Crippen MR) is 129 cm³/mol. The van der Waals surface area contributed by atoms with Crippen LogP contribution in [0.2, 0.25) is 5.02 Å². The van der Waals surface area contributed by atoms with Crippen molar-refractivity contribution in [2.75, 3.05) is 9.80 Å². The van der Waals surface area contributed by atoms with Crippen molar-refractivity contribution in [3.8, 4) is 6.07 Å². The molecule has 0 N–H and O–H groups in total. The predicted octanol–water partition coefficient (Wildman–Crippen LogP) is 4.65. The number of benzene rings is 1. The molecule has 4 rings (SSSR count). The van der Waals surface area contributed by atoms with Gasteiger partial charge in [0.2, 0.25) is 0 Å². The fraction of sp³-hybridized carbons (Fsp3) is 0.304. The van der Waals surface area contributed by atoms with Gasteiger partial charge in [0.05, 0.1) is 27.9 Å². The van der Waals surface area contributed by atoms with Gasteiger partial charge in [-0.1, -0.05) is 18.5 Å². The number of aromatic nitrogens is 2. The molecule has 1 saturated heterocycles. The average Bonchev–Trinajstić information content (AvgIpc) is 2.96. The Morgan fingerprint density at radius 3 is 2.49 bits per heavy atom. The molecular weight excluding hydrogens is 503 g/mol. The molecule has 0 aliphatic carbocycles. The molecule has 7 nitrogen and oxygen atoms in total. The summed E-state index contributed by atoms with van der Waals surface area (Å²) in [6.45, 7) is 5.03. The largest absolute Gasteiger partial charge is 0.417 e. The molecular formula is C23H19ClF3N5O2S. The minimum absolute atomic E-state index is 0.0739. The van der Waals surface area contributed by atoms with E-state index in [9.17, 15) is 22.8 Å². The summed E-state index contributed by atoms with van der Waals surface area (Å²) in [5, 5.41) is 9.25. The summed E-state index contributed by atoms with van der Waals surface area (Å²) in [7, 11) is 0. The van der Waals surface area contributed by atoms with Gasteiger partial charge in [0.25, 0.3) is 11.5 Å². The highest BCUT2D eigenvalue weighted by Crippen LogP contribution is 2.42. The van der Waals surface area contributed by atoms with Crippen LogP contribution in [0.3, 0.4) is 0 Å². The lowest BCUT2D eigenvalue weighted by molar-refractivity contribution is -0.137. The summed E-state index contributed by atoms with van der Waals surface area (Å²) in [5.74, 6) is -0.529. The van der Waals surface area contributed by atoms with E-state index in [2.05, 4.69) is 17.6 Å². The van der Waals surface area contributed by atoms with Crippen molar-refractivity contribution in [1.29, 1.82) is 5.26 Å². The van der Waals surface area contributed by atoms with Crippen LogP contribution in [0, 0.1) is 11.3 Å². The Balaban J connectivity index is 1.86. The van der Waals surface area contributed by atoms with Gasteiger partial charge in [-0.25, -0.2) is 4.98 Å². The van der Waals surface area contributed by atoms with Crippen molar-refractivity contribution < 1.29 is 18.0 Å². The molecule has 1 unspecified atom stereocenters. The molecule has 0 bridgehead atoms. The smallest absolute Gasteiger partial charge is 0.327 e. The lowest BCUT2D eigenvalue weighted by Gasteiger charge is -2.33. The van der Waals surface area contributed by atoms with Crippen LogP contribution >= 0.6 is 24.2 Å². The first-order valence-corrected chi connectivity index (χ1v) is 11.3. The molecule has 182 valence electrons. The van der Waals surface area contributed by atoms with E-state index >= 15 is 0 Å². The number of carbonyl (C=O) groups is 1. The number of rotatable bonds is 3. The van der Waals surface area contributed by atoms with Gasteiger partial charge in [0, 0.05) is 23.6 Å². The molecule has 12 heteroatoms. The summed E-state index contributed by atoms with van der Waals surface area (Å²) in [6, 6.07) is 7.48. The van der Waals surface area contributed by atoms with Gasteiger partial charge in [-0.15, -0.1) is 12.6 Å². The van der Waals surface area contributed by atoms with Crippen LogP contribution in [0.4, 0.5) is 24.5 Å². The number of carbonyl (C=O) groups excluding carboxylic acids is 1. The lowest BCUT2D eigenvalue weighted by Crippen LogP contribution is -2.45. The molecule has 1 aromatic carbocycles. The average molecular weight is 522 g/mol. The molecule has 1 atom stereocenters. The van der Waals surface area contributed by atoms with E-state index in [1.54, 1.807) is 18.7 Å². The van der Waals surface area contributed by atoms with Crippen LogP contribution in [-0.2, 0) is 17.4 Å². The highest BCUT2D eigenvalue weighted by atomic mass is 35.5. The number of alkyl halides is 3. The highest BCUT2D eigenvalue weighted by molar-refractivity contribution is 7.81. The second-order valence-corrected chi connectivity index (χ2v) is 9.34. The molecule has 1 amide bonds. The normalized spacial score (nSPS) is 17.8. The van der Waals surface area contributed by atoms with Crippen molar-refractivity contribution in [3.63, 3.8) is 0 Å². The number of nitrogens with zero attached hydrogens (tertiary/aromatic N) is 5. The van der Waals surface area contributed by atoms with E-state index < -0.39 is 34.2 Å². The number of hydrogen-bond donors (Lipinski definition) is 1. The summed E-state index contributed by atoms with van der Waals surface area (Å²) < 4.78 is 41.9. The standard InChI is InChI=1S/C23H19ClF3N5O2S/c1-4-13-7-18(33)30-11-15(9-17(24)19(30)29-13)32-21(35)31(20(34)22(32,2)3)14-6-5-12(10-28)16(8-14)23(25,26)27/h5-9,11,21,35H,4H2,1-3H3. The molecule has 3 heterocycles. The number of amides is 1. The maximum atomic E-state index is 13.5. The Bertz CT molecular complexity index is 1460. The molecule has 0 radical (unpaired) electrons. The van der Waals surface area contributed by atoms with E-state index in [0.29, 0.717) is 17.8 Å². The summed E-state index contributed by atoms with van der Waals surface area (Å²) in [4.78, 5) is 33.1. The van der Waals surface area contributed by atoms with Gasteiger partial charge in [-0.3, -0.25) is 18.9 Å². The molecule has 1 aliphatic rings. The quantitative estimate of drug-likeness (QED) is 0.508. The fourth-order valence-corrected chi connectivity index (χ4v) is 5.04. The zero-order chi connectivity index (χ0) is 25.9. The zero-order valence-corrected chi connectivity index (χ0v) is 20.4. The first kappa shape index (κ1) is 24.9. The Morgan fingerprint density at radius 2 is 1.89 bits per heavy atom. The minimum Gasteiger partial charge on any atom is -0.327 e. The number of fused-ring (bicyclic) bond motifs is 1.